The van der Waals surface area contributed by atoms with Crippen LogP contribution in [0.4, 0.5) is 0 Å². The van der Waals surface area contributed by atoms with Crippen LogP contribution in [0.15, 0.2) is 18.2 Å². The van der Waals surface area contributed by atoms with Crippen LogP contribution in [0.3, 0.4) is 0 Å². The van der Waals surface area contributed by atoms with Gasteiger partial charge in [-0.05, 0) is 12.1 Å². The quantitative estimate of drug-likeness (QED) is 0.373. The van der Waals surface area contributed by atoms with Crippen molar-refractivity contribution in [3.63, 3.8) is 0 Å². The van der Waals surface area contributed by atoms with Crippen molar-refractivity contribution in [2.24, 2.45) is 0 Å². The second-order valence-electron chi connectivity index (χ2n) is 5.97. The average Bonchev–Trinajstić information content (AvgIpc) is 2.54. The number of hydrogen-bond donors (Lipinski definition) is 0. The first-order valence-electron chi connectivity index (χ1n) is 8.96. The number of carbonyl (C=O) groups is 1. The number of halogens is 2. The van der Waals surface area contributed by atoms with E-state index >= 15 is 0 Å². The van der Waals surface area contributed by atoms with E-state index in [1.54, 1.807) is 13.3 Å². The van der Waals surface area contributed by atoms with Gasteiger partial charge in [0.15, 0.2) is 0 Å². The summed E-state index contributed by atoms with van der Waals surface area (Å²) in [6, 6.07) is 4.10. The number of benzene rings is 1. The van der Waals surface area contributed by atoms with Gasteiger partial charge in [0.1, 0.15) is 0 Å². The molecule has 0 aliphatic rings. The van der Waals surface area contributed by atoms with Gasteiger partial charge in [0.2, 0.25) is 0 Å². The summed E-state index contributed by atoms with van der Waals surface area (Å²) in [6.07, 6.45) is 8.85. The number of aromatic carboxylic acids is 1. The van der Waals surface area contributed by atoms with E-state index in [-0.39, 0.29) is 10.6 Å². The predicted molar refractivity (Wildman–Crippen MR) is 106 cm³/mol. The first kappa shape index (κ1) is 24.1. The SMILES string of the molecule is CCC[CH2][Sn+]([CH2]CCC)[CH2]CCC.O=C([O-])c1ccc(Cl)cc1Cl. The van der Waals surface area contributed by atoms with Crippen molar-refractivity contribution >= 4 is 48.9 Å². The van der Waals surface area contributed by atoms with Gasteiger partial charge in [0.05, 0.1) is 11.0 Å². The number of carbonyl (C=O) groups excluding carboxylic acids is 1. The fourth-order valence-electron chi connectivity index (χ4n) is 2.31. The van der Waals surface area contributed by atoms with E-state index in [9.17, 15) is 9.90 Å². The van der Waals surface area contributed by atoms with Gasteiger partial charge < -0.3 is 9.90 Å². The minimum absolute atomic E-state index is 0.0453. The van der Waals surface area contributed by atoms with E-state index in [0.717, 1.165) is 0 Å². The molecule has 1 aromatic rings. The summed E-state index contributed by atoms with van der Waals surface area (Å²) in [7, 11) is 0. The summed E-state index contributed by atoms with van der Waals surface area (Å²) in [4.78, 5) is 10.3. The van der Waals surface area contributed by atoms with Crippen molar-refractivity contribution in [3.05, 3.63) is 33.8 Å². The maximum atomic E-state index is 10.3. The molecule has 5 heteroatoms. The summed E-state index contributed by atoms with van der Waals surface area (Å²) < 4.78 is 5.04. The van der Waals surface area contributed by atoms with Crippen molar-refractivity contribution in [1.82, 2.24) is 0 Å². The van der Waals surface area contributed by atoms with Crippen LogP contribution in [-0.2, 0) is 0 Å². The molecule has 24 heavy (non-hydrogen) atoms. The Morgan fingerprint density at radius 1 is 0.958 bits per heavy atom. The topological polar surface area (TPSA) is 40.1 Å². The van der Waals surface area contributed by atoms with Crippen LogP contribution in [0.5, 0.6) is 0 Å². The summed E-state index contributed by atoms with van der Waals surface area (Å²) >= 11 is 10.2. The molecule has 0 unspecified atom stereocenters. The van der Waals surface area contributed by atoms with Gasteiger partial charge in [-0.25, -0.2) is 0 Å². The zero-order chi connectivity index (χ0) is 18.4. The number of carboxylic acid groups (broad SMARTS) is 1. The minimum atomic E-state index is -1.30. The standard InChI is InChI=1S/C7H4Cl2O2.3C4H9.Sn/c8-4-1-2-5(7(10)11)6(9)3-4;3*1-3-4-2;/h1-3H,(H,10,11);3*1,3-4H2,2H3;/q;;;;+1/p-1. The van der Waals surface area contributed by atoms with Crippen molar-refractivity contribution in [1.29, 1.82) is 0 Å². The third-order valence-electron chi connectivity index (χ3n) is 3.80. The molecule has 0 heterocycles. The van der Waals surface area contributed by atoms with Crippen molar-refractivity contribution in [2.45, 2.75) is 72.6 Å². The minimum Gasteiger partial charge on any atom is -0.545 e. The molecule has 2 nitrogen and oxygen atoms in total. The molecule has 0 radical (unpaired) electrons. The average molecular weight is 480 g/mol. The molecule has 0 fully saturated rings. The van der Waals surface area contributed by atoms with E-state index in [1.165, 1.54) is 56.7 Å². The molecule has 0 amide bonds. The van der Waals surface area contributed by atoms with Crippen LogP contribution < -0.4 is 5.11 Å². The smallest absolute Gasteiger partial charge is 0.0730 e. The predicted octanol–water partition coefficient (Wildman–Crippen LogP) is 6.24. The largest absolute Gasteiger partial charge is 0.545 e. The summed E-state index contributed by atoms with van der Waals surface area (Å²) in [6.45, 7) is 7.00. The fraction of sp³-hybridized carbons (Fsp3) is 0.632. The molecular formula is C19H30Cl2O2Sn. The Morgan fingerprint density at radius 2 is 1.42 bits per heavy atom. The fourth-order valence-corrected chi connectivity index (χ4v) is 12.2. The Kier molecular flexibility index (Phi) is 15.4. The van der Waals surface area contributed by atoms with E-state index in [4.69, 9.17) is 23.2 Å². The molecule has 0 aromatic heterocycles. The zero-order valence-corrected chi connectivity index (χ0v) is 19.5. The molecule has 0 atom stereocenters. The molecule has 0 aliphatic heterocycles. The van der Waals surface area contributed by atoms with E-state index in [0.29, 0.717) is 5.02 Å². The van der Waals surface area contributed by atoms with Crippen molar-refractivity contribution < 1.29 is 9.90 Å². The second kappa shape index (κ2) is 15.3. The Hall–Kier alpha value is 0.0687. The van der Waals surface area contributed by atoms with Gasteiger partial charge in [-0.15, -0.1) is 0 Å². The molecule has 0 N–H and O–H groups in total. The van der Waals surface area contributed by atoms with Crippen LogP contribution in [0.25, 0.3) is 0 Å². The molecule has 0 spiro atoms. The first-order chi connectivity index (χ1) is 11.5. The number of rotatable bonds is 10. The molecule has 1 rings (SSSR count). The number of carboxylic acids is 1. The maximum Gasteiger partial charge on any atom is 0.0730 e. The molecule has 136 valence electrons. The Morgan fingerprint density at radius 3 is 1.75 bits per heavy atom. The van der Waals surface area contributed by atoms with Gasteiger partial charge >= 0.3 is 92.4 Å². The summed E-state index contributed by atoms with van der Waals surface area (Å²) in [5.41, 5.74) is -0.0453. The maximum absolute atomic E-state index is 10.3. The Balaban J connectivity index is 0.000000446. The molecular weight excluding hydrogens is 450 g/mol. The summed E-state index contributed by atoms with van der Waals surface area (Å²) in [5, 5.41) is 10.8. The number of unbranched alkanes of at least 4 members (excludes halogenated alkanes) is 3. The molecule has 0 aliphatic carbocycles. The van der Waals surface area contributed by atoms with Gasteiger partial charge in [-0.1, -0.05) is 29.3 Å². The summed E-state index contributed by atoms with van der Waals surface area (Å²) in [5.74, 6) is -1.30. The Labute approximate surface area is 164 Å². The molecule has 1 aromatic carbocycles. The Bertz CT molecular complexity index is 448. The van der Waals surface area contributed by atoms with Crippen LogP contribution in [0, 0.1) is 0 Å². The van der Waals surface area contributed by atoms with E-state index in [1.807, 2.05) is 0 Å². The van der Waals surface area contributed by atoms with Crippen LogP contribution in [0.2, 0.25) is 23.4 Å². The van der Waals surface area contributed by atoms with Crippen LogP contribution in [-0.4, -0.2) is 25.7 Å². The molecule has 0 bridgehead atoms. The number of hydrogen-bond acceptors (Lipinski definition) is 2. The third kappa shape index (κ3) is 11.6. The van der Waals surface area contributed by atoms with Gasteiger partial charge in [-0.3, -0.25) is 0 Å². The third-order valence-corrected chi connectivity index (χ3v) is 13.4. The van der Waals surface area contributed by atoms with Crippen LogP contribution >= 0.6 is 23.2 Å². The van der Waals surface area contributed by atoms with E-state index < -0.39 is 25.7 Å². The van der Waals surface area contributed by atoms with Crippen molar-refractivity contribution in [2.75, 3.05) is 0 Å². The second-order valence-corrected chi connectivity index (χ2v) is 15.4. The van der Waals surface area contributed by atoms with Gasteiger partial charge in [-0.2, -0.15) is 0 Å². The van der Waals surface area contributed by atoms with E-state index in [2.05, 4.69) is 20.8 Å². The molecule has 0 saturated heterocycles. The first-order valence-corrected chi connectivity index (χ1v) is 15.8. The normalized spacial score (nSPS) is 10.0. The monoisotopic (exact) mass is 480 g/mol. The zero-order valence-electron chi connectivity index (χ0n) is 15.2. The van der Waals surface area contributed by atoms with Gasteiger partial charge in [0.25, 0.3) is 0 Å². The van der Waals surface area contributed by atoms with Crippen molar-refractivity contribution in [3.8, 4) is 0 Å². The molecule has 0 saturated carbocycles. The van der Waals surface area contributed by atoms with Gasteiger partial charge in [0, 0.05) is 10.6 Å². The van der Waals surface area contributed by atoms with Crippen LogP contribution in [0.1, 0.15) is 69.7 Å².